The Kier molecular flexibility index (Phi) is 1.78. The first-order valence-electron chi connectivity index (χ1n) is 4.98. The highest BCUT2D eigenvalue weighted by Gasteiger charge is 2.17. The molecule has 1 aliphatic heterocycles. The van der Waals surface area contributed by atoms with E-state index in [4.69, 9.17) is 5.73 Å². The molecule has 0 saturated heterocycles. The van der Waals surface area contributed by atoms with Crippen molar-refractivity contribution in [1.29, 1.82) is 0 Å². The van der Waals surface area contributed by atoms with Gasteiger partial charge >= 0.3 is 0 Å². The van der Waals surface area contributed by atoms with Gasteiger partial charge in [0.1, 0.15) is 0 Å². The average Bonchev–Trinajstić information content (AvgIpc) is 2.76. The van der Waals surface area contributed by atoms with Gasteiger partial charge < -0.3 is 5.73 Å². The lowest BCUT2D eigenvalue weighted by Gasteiger charge is -2.16. The fraction of sp³-hybridized carbons (Fsp3) is 0.300. The van der Waals surface area contributed by atoms with Gasteiger partial charge in [-0.15, -0.1) is 5.10 Å². The summed E-state index contributed by atoms with van der Waals surface area (Å²) in [4.78, 5) is 0. The molecule has 0 radical (unpaired) electrons. The third-order valence-corrected chi connectivity index (χ3v) is 2.76. The van der Waals surface area contributed by atoms with Crippen molar-refractivity contribution in [2.75, 3.05) is 0 Å². The van der Waals surface area contributed by atoms with E-state index in [1.54, 1.807) is 4.68 Å². The molecular formula is C10H11N5. The molecule has 0 spiro atoms. The molecule has 2 N–H and O–H groups in total. The summed E-state index contributed by atoms with van der Waals surface area (Å²) in [5, 5.41) is 11.6. The molecule has 2 heterocycles. The van der Waals surface area contributed by atoms with E-state index in [1.807, 2.05) is 12.1 Å². The molecule has 15 heavy (non-hydrogen) atoms. The largest absolute Gasteiger partial charge is 0.326 e. The molecule has 5 heteroatoms. The second kappa shape index (κ2) is 3.13. The Labute approximate surface area is 86.9 Å². The molecule has 2 aromatic rings. The lowest BCUT2D eigenvalue weighted by Crippen LogP contribution is -2.14. The Morgan fingerprint density at radius 1 is 1.33 bits per heavy atom. The Hall–Kier alpha value is -1.75. The van der Waals surface area contributed by atoms with E-state index in [1.165, 1.54) is 5.56 Å². The second-order valence-corrected chi connectivity index (χ2v) is 3.67. The number of aromatic nitrogens is 4. The standard InChI is InChI=1S/C10H11N5/c11-6-7-1-3-9-8(5-7)2-4-10-12-13-14-15(9)10/h1,3,5H,2,4,6,11H2. The monoisotopic (exact) mass is 201 g/mol. The summed E-state index contributed by atoms with van der Waals surface area (Å²) in [7, 11) is 0. The van der Waals surface area contributed by atoms with Crippen molar-refractivity contribution < 1.29 is 0 Å². The summed E-state index contributed by atoms with van der Waals surface area (Å²) in [6.07, 6.45) is 1.89. The molecule has 0 atom stereocenters. The van der Waals surface area contributed by atoms with Crippen molar-refractivity contribution in [2.24, 2.45) is 5.73 Å². The maximum atomic E-state index is 5.61. The van der Waals surface area contributed by atoms with Crippen LogP contribution in [0.1, 0.15) is 17.0 Å². The Bertz CT molecular complexity index is 502. The number of hydrogen-bond donors (Lipinski definition) is 1. The Balaban J connectivity index is 2.18. The van der Waals surface area contributed by atoms with Crippen LogP contribution in [0.5, 0.6) is 0 Å². The van der Waals surface area contributed by atoms with Crippen molar-refractivity contribution >= 4 is 0 Å². The molecule has 0 aliphatic carbocycles. The summed E-state index contributed by atoms with van der Waals surface area (Å²) in [5.74, 6) is 0.933. The van der Waals surface area contributed by atoms with Crippen molar-refractivity contribution in [3.8, 4) is 5.69 Å². The molecule has 1 aliphatic rings. The fourth-order valence-electron chi connectivity index (χ4n) is 1.97. The van der Waals surface area contributed by atoms with Crippen LogP contribution in [0.4, 0.5) is 0 Å². The third kappa shape index (κ3) is 1.24. The van der Waals surface area contributed by atoms with Crippen molar-refractivity contribution in [1.82, 2.24) is 20.2 Å². The molecule has 0 saturated carbocycles. The molecule has 5 nitrogen and oxygen atoms in total. The molecule has 0 fully saturated rings. The number of benzene rings is 1. The predicted molar refractivity (Wildman–Crippen MR) is 54.5 cm³/mol. The number of rotatable bonds is 1. The summed E-state index contributed by atoms with van der Waals surface area (Å²) in [5.41, 5.74) is 9.13. The maximum Gasteiger partial charge on any atom is 0.157 e. The molecule has 0 bridgehead atoms. The molecule has 0 amide bonds. The Morgan fingerprint density at radius 3 is 3.13 bits per heavy atom. The quantitative estimate of drug-likeness (QED) is 0.716. The van der Waals surface area contributed by atoms with Gasteiger partial charge in [0.15, 0.2) is 5.82 Å². The third-order valence-electron chi connectivity index (χ3n) is 2.76. The first kappa shape index (κ1) is 8.55. The number of hydrogen-bond acceptors (Lipinski definition) is 4. The highest BCUT2D eigenvalue weighted by atomic mass is 15.5. The van der Waals surface area contributed by atoms with Crippen LogP contribution in [0.15, 0.2) is 18.2 Å². The van der Waals surface area contributed by atoms with Gasteiger partial charge in [0.05, 0.1) is 5.69 Å². The van der Waals surface area contributed by atoms with E-state index in [-0.39, 0.29) is 0 Å². The van der Waals surface area contributed by atoms with Crippen LogP contribution in [0.25, 0.3) is 5.69 Å². The first-order chi connectivity index (χ1) is 7.38. The number of tetrazole rings is 1. The zero-order valence-electron chi connectivity index (χ0n) is 8.22. The second-order valence-electron chi connectivity index (χ2n) is 3.67. The number of nitrogens with zero attached hydrogens (tertiary/aromatic N) is 4. The first-order valence-corrected chi connectivity index (χ1v) is 4.98. The highest BCUT2D eigenvalue weighted by Crippen LogP contribution is 2.22. The van der Waals surface area contributed by atoms with E-state index in [2.05, 4.69) is 21.6 Å². The van der Waals surface area contributed by atoms with Gasteiger partial charge in [-0.2, -0.15) is 4.68 Å². The summed E-state index contributed by atoms with van der Waals surface area (Å²) >= 11 is 0. The van der Waals surface area contributed by atoms with Gasteiger partial charge in [-0.1, -0.05) is 12.1 Å². The minimum absolute atomic E-state index is 0.579. The van der Waals surface area contributed by atoms with E-state index in [0.717, 1.165) is 29.9 Å². The van der Waals surface area contributed by atoms with Crippen LogP contribution in [-0.2, 0) is 19.4 Å². The smallest absolute Gasteiger partial charge is 0.157 e. The van der Waals surface area contributed by atoms with E-state index in [9.17, 15) is 0 Å². The molecule has 76 valence electrons. The van der Waals surface area contributed by atoms with Gasteiger partial charge in [-0.05, 0) is 34.0 Å². The fourth-order valence-corrected chi connectivity index (χ4v) is 1.97. The van der Waals surface area contributed by atoms with E-state index >= 15 is 0 Å². The zero-order valence-corrected chi connectivity index (χ0v) is 8.22. The van der Waals surface area contributed by atoms with Gasteiger partial charge in [0, 0.05) is 13.0 Å². The molecule has 0 unspecified atom stereocenters. The number of nitrogens with two attached hydrogens (primary N) is 1. The van der Waals surface area contributed by atoms with E-state index < -0.39 is 0 Å². The Morgan fingerprint density at radius 2 is 2.27 bits per heavy atom. The van der Waals surface area contributed by atoms with Crippen LogP contribution in [-0.4, -0.2) is 20.2 Å². The zero-order chi connectivity index (χ0) is 10.3. The average molecular weight is 201 g/mol. The summed E-state index contributed by atoms with van der Waals surface area (Å²) in [6, 6.07) is 6.20. The van der Waals surface area contributed by atoms with Crippen molar-refractivity contribution in [2.45, 2.75) is 19.4 Å². The van der Waals surface area contributed by atoms with Gasteiger partial charge in [0.2, 0.25) is 0 Å². The maximum absolute atomic E-state index is 5.61. The number of aryl methyl sites for hydroxylation is 2. The summed E-state index contributed by atoms with van der Waals surface area (Å²) in [6.45, 7) is 0.579. The lowest BCUT2D eigenvalue weighted by atomic mass is 10.0. The van der Waals surface area contributed by atoms with Crippen LogP contribution in [0.2, 0.25) is 0 Å². The SMILES string of the molecule is NCc1ccc2c(c1)CCc1nnnn1-2. The van der Waals surface area contributed by atoms with Crippen LogP contribution < -0.4 is 5.73 Å². The van der Waals surface area contributed by atoms with E-state index in [0.29, 0.717) is 6.54 Å². The van der Waals surface area contributed by atoms with Crippen molar-refractivity contribution in [3.05, 3.63) is 35.2 Å². The van der Waals surface area contributed by atoms with Gasteiger partial charge in [-0.25, -0.2) is 0 Å². The normalized spacial score (nSPS) is 13.4. The minimum Gasteiger partial charge on any atom is -0.326 e. The number of fused-ring (bicyclic) bond motifs is 3. The molecule has 1 aromatic carbocycles. The summed E-state index contributed by atoms with van der Waals surface area (Å²) < 4.78 is 1.80. The predicted octanol–water partition coefficient (Wildman–Crippen LogP) is 0.220. The molecular weight excluding hydrogens is 190 g/mol. The molecule has 1 aromatic heterocycles. The highest BCUT2D eigenvalue weighted by molar-refractivity contribution is 5.45. The van der Waals surface area contributed by atoms with Crippen LogP contribution in [0, 0.1) is 0 Å². The minimum atomic E-state index is 0.579. The van der Waals surface area contributed by atoms with Crippen LogP contribution >= 0.6 is 0 Å². The lowest BCUT2D eigenvalue weighted by molar-refractivity contribution is 0.710. The van der Waals surface area contributed by atoms with Crippen LogP contribution in [0.3, 0.4) is 0 Å². The molecule has 3 rings (SSSR count). The van der Waals surface area contributed by atoms with Gasteiger partial charge in [0.25, 0.3) is 0 Å². The van der Waals surface area contributed by atoms with Crippen molar-refractivity contribution in [3.63, 3.8) is 0 Å². The van der Waals surface area contributed by atoms with Gasteiger partial charge in [-0.3, -0.25) is 0 Å². The topological polar surface area (TPSA) is 69.6 Å².